The third-order valence-corrected chi connectivity index (χ3v) is 3.78. The van der Waals surface area contributed by atoms with E-state index in [0.717, 1.165) is 0 Å². The van der Waals surface area contributed by atoms with E-state index in [9.17, 15) is 14.9 Å². The van der Waals surface area contributed by atoms with E-state index < -0.39 is 16.0 Å². The number of anilines is 1. The number of rotatable bonds is 2. The summed E-state index contributed by atoms with van der Waals surface area (Å²) in [6.07, 6.45) is 0. The lowest BCUT2D eigenvalue weighted by molar-refractivity contribution is -0.382. The molecule has 0 aliphatic rings. The fraction of sp³-hybridized carbons (Fsp3) is 0. The standard InChI is InChI=1S/C16H8ClN3O4/c17-11-5-10-12(21)6-13(9-3-1-8(7-18)2-4-9)24-16(10)15(14(11)19)20(22)23/h1-6H,19H2. The minimum absolute atomic E-state index is 0.0294. The monoisotopic (exact) mass is 341 g/mol. The average Bonchev–Trinajstić information content (AvgIpc) is 2.56. The minimum atomic E-state index is -0.741. The number of hydrogen-bond donors (Lipinski definition) is 1. The first-order chi connectivity index (χ1) is 11.4. The largest absolute Gasteiger partial charge is 0.448 e. The quantitative estimate of drug-likeness (QED) is 0.432. The van der Waals surface area contributed by atoms with Gasteiger partial charge in [-0.3, -0.25) is 14.9 Å². The van der Waals surface area contributed by atoms with Crippen molar-refractivity contribution in [3.8, 4) is 17.4 Å². The molecule has 0 fully saturated rings. The van der Waals surface area contributed by atoms with Gasteiger partial charge in [-0.15, -0.1) is 0 Å². The van der Waals surface area contributed by atoms with Gasteiger partial charge < -0.3 is 10.2 Å². The SMILES string of the molecule is N#Cc1ccc(-c2cc(=O)c3cc(Cl)c(N)c([N+](=O)[O-])c3o2)cc1. The van der Waals surface area contributed by atoms with Crippen molar-refractivity contribution in [3.05, 3.63) is 67.3 Å². The molecular formula is C16H8ClN3O4. The second-order valence-electron chi connectivity index (χ2n) is 4.92. The molecule has 3 rings (SSSR count). The van der Waals surface area contributed by atoms with Gasteiger partial charge in [-0.1, -0.05) is 11.6 Å². The Morgan fingerprint density at radius 2 is 1.92 bits per heavy atom. The van der Waals surface area contributed by atoms with Crippen LogP contribution in [0.5, 0.6) is 0 Å². The summed E-state index contributed by atoms with van der Waals surface area (Å²) in [5, 5.41) is 20.0. The first kappa shape index (κ1) is 15.5. The van der Waals surface area contributed by atoms with E-state index in [1.165, 1.54) is 12.1 Å². The lowest BCUT2D eigenvalue weighted by Crippen LogP contribution is -2.05. The summed E-state index contributed by atoms with van der Waals surface area (Å²) in [6.45, 7) is 0. The fourth-order valence-corrected chi connectivity index (χ4v) is 2.49. The van der Waals surface area contributed by atoms with Gasteiger partial charge in [0.05, 0.1) is 27.0 Å². The molecule has 0 saturated heterocycles. The molecule has 2 N–H and O–H groups in total. The van der Waals surface area contributed by atoms with E-state index in [4.69, 9.17) is 27.0 Å². The van der Waals surface area contributed by atoms with Crippen molar-refractivity contribution in [2.75, 3.05) is 5.73 Å². The van der Waals surface area contributed by atoms with Crippen LogP contribution < -0.4 is 11.2 Å². The van der Waals surface area contributed by atoms with Crippen molar-refractivity contribution in [2.24, 2.45) is 0 Å². The number of nitro benzene ring substituents is 1. The molecular weight excluding hydrogens is 334 g/mol. The van der Waals surface area contributed by atoms with Crippen molar-refractivity contribution in [1.29, 1.82) is 5.26 Å². The van der Waals surface area contributed by atoms with Gasteiger partial charge in [0.15, 0.2) is 5.43 Å². The highest BCUT2D eigenvalue weighted by Crippen LogP contribution is 2.37. The van der Waals surface area contributed by atoms with Gasteiger partial charge in [-0.2, -0.15) is 5.26 Å². The zero-order valence-corrected chi connectivity index (χ0v) is 12.7. The Bertz CT molecular complexity index is 1080. The number of nitriles is 1. The second-order valence-corrected chi connectivity index (χ2v) is 5.33. The summed E-state index contributed by atoms with van der Waals surface area (Å²) >= 11 is 5.86. The van der Waals surface area contributed by atoms with Gasteiger partial charge in [0.1, 0.15) is 11.4 Å². The summed E-state index contributed by atoms with van der Waals surface area (Å²) < 4.78 is 5.57. The highest BCUT2D eigenvalue weighted by Gasteiger charge is 2.24. The number of nitrogens with zero attached hydrogens (tertiary/aromatic N) is 2. The predicted octanol–water partition coefficient (Wildman–Crippen LogP) is 3.48. The Morgan fingerprint density at radius 1 is 1.25 bits per heavy atom. The van der Waals surface area contributed by atoms with Crippen LogP contribution in [0.15, 0.2) is 45.6 Å². The van der Waals surface area contributed by atoms with Gasteiger partial charge >= 0.3 is 5.69 Å². The van der Waals surface area contributed by atoms with E-state index in [-0.39, 0.29) is 27.4 Å². The number of fused-ring (bicyclic) bond motifs is 1. The number of nitrogens with two attached hydrogens (primary N) is 1. The molecule has 0 radical (unpaired) electrons. The lowest BCUT2D eigenvalue weighted by atomic mass is 10.1. The Labute approximate surface area is 139 Å². The molecule has 24 heavy (non-hydrogen) atoms. The smallest absolute Gasteiger partial charge is 0.336 e. The Balaban J connectivity index is 2.35. The van der Waals surface area contributed by atoms with Crippen LogP contribution in [-0.4, -0.2) is 4.92 Å². The summed E-state index contributed by atoms with van der Waals surface area (Å²) in [6, 6.07) is 10.7. The third kappa shape index (κ3) is 2.45. The van der Waals surface area contributed by atoms with Gasteiger partial charge in [0.2, 0.25) is 5.58 Å². The van der Waals surface area contributed by atoms with Crippen molar-refractivity contribution >= 4 is 33.9 Å². The van der Waals surface area contributed by atoms with E-state index in [2.05, 4.69) is 0 Å². The molecule has 0 atom stereocenters. The third-order valence-electron chi connectivity index (χ3n) is 3.46. The second kappa shape index (κ2) is 5.68. The van der Waals surface area contributed by atoms with Gasteiger partial charge in [-0.25, -0.2) is 0 Å². The molecule has 7 nitrogen and oxygen atoms in total. The van der Waals surface area contributed by atoms with Crippen molar-refractivity contribution < 1.29 is 9.34 Å². The number of halogens is 1. The number of hydrogen-bond acceptors (Lipinski definition) is 6. The molecule has 0 bridgehead atoms. The maximum absolute atomic E-state index is 12.3. The highest BCUT2D eigenvalue weighted by molar-refractivity contribution is 6.34. The number of nitrogen functional groups attached to an aromatic ring is 1. The zero-order valence-electron chi connectivity index (χ0n) is 11.9. The molecule has 0 aliphatic heterocycles. The molecule has 0 unspecified atom stereocenters. The Hall–Kier alpha value is -3.37. The van der Waals surface area contributed by atoms with Gasteiger partial charge in [-0.05, 0) is 30.3 Å². The number of nitro groups is 1. The topological polar surface area (TPSA) is 123 Å². The summed E-state index contributed by atoms with van der Waals surface area (Å²) in [7, 11) is 0. The van der Waals surface area contributed by atoms with Crippen LogP contribution >= 0.6 is 11.6 Å². The molecule has 1 heterocycles. The molecule has 0 amide bonds. The molecule has 0 aliphatic carbocycles. The number of benzene rings is 2. The molecule has 8 heteroatoms. The summed E-state index contributed by atoms with van der Waals surface area (Å²) in [5.41, 5.74) is 5.04. The van der Waals surface area contributed by atoms with E-state index >= 15 is 0 Å². The highest BCUT2D eigenvalue weighted by atomic mass is 35.5. The summed E-state index contributed by atoms with van der Waals surface area (Å²) in [5.74, 6) is 0.127. The first-order valence-electron chi connectivity index (χ1n) is 6.63. The van der Waals surface area contributed by atoms with Crippen molar-refractivity contribution in [3.63, 3.8) is 0 Å². The van der Waals surface area contributed by atoms with Crippen LogP contribution in [-0.2, 0) is 0 Å². The van der Waals surface area contributed by atoms with Crippen LogP contribution in [0.2, 0.25) is 5.02 Å². The van der Waals surface area contributed by atoms with Gasteiger partial charge in [0.25, 0.3) is 0 Å². The van der Waals surface area contributed by atoms with Crippen LogP contribution in [0, 0.1) is 21.4 Å². The first-order valence-corrected chi connectivity index (χ1v) is 7.01. The molecule has 1 aromatic heterocycles. The Morgan fingerprint density at radius 3 is 2.50 bits per heavy atom. The van der Waals surface area contributed by atoms with Crippen LogP contribution in [0.1, 0.15) is 5.56 Å². The molecule has 3 aromatic rings. The lowest BCUT2D eigenvalue weighted by Gasteiger charge is -2.06. The van der Waals surface area contributed by atoms with E-state index in [1.54, 1.807) is 24.3 Å². The average molecular weight is 342 g/mol. The molecule has 2 aromatic carbocycles. The van der Waals surface area contributed by atoms with Crippen molar-refractivity contribution in [2.45, 2.75) is 0 Å². The minimum Gasteiger partial charge on any atom is -0.448 e. The van der Waals surface area contributed by atoms with Crippen molar-refractivity contribution in [1.82, 2.24) is 0 Å². The summed E-state index contributed by atoms with van der Waals surface area (Å²) in [4.78, 5) is 22.9. The van der Waals surface area contributed by atoms with Crippen LogP contribution in [0.4, 0.5) is 11.4 Å². The van der Waals surface area contributed by atoms with Crippen LogP contribution in [0.3, 0.4) is 0 Å². The van der Waals surface area contributed by atoms with Crippen LogP contribution in [0.25, 0.3) is 22.3 Å². The molecule has 0 saturated carbocycles. The fourth-order valence-electron chi connectivity index (χ4n) is 2.29. The normalized spacial score (nSPS) is 10.5. The van der Waals surface area contributed by atoms with E-state index in [0.29, 0.717) is 11.1 Å². The maximum Gasteiger partial charge on any atom is 0.336 e. The molecule has 118 valence electrons. The van der Waals surface area contributed by atoms with E-state index in [1.807, 2.05) is 6.07 Å². The molecule has 0 spiro atoms. The Kier molecular flexibility index (Phi) is 3.67. The zero-order chi connectivity index (χ0) is 17.4. The van der Waals surface area contributed by atoms with Gasteiger partial charge in [0, 0.05) is 11.6 Å². The predicted molar refractivity (Wildman–Crippen MR) is 88.7 cm³/mol. The maximum atomic E-state index is 12.3.